The minimum absolute atomic E-state index is 0.299. The summed E-state index contributed by atoms with van der Waals surface area (Å²) in [6, 6.07) is 16.6. The van der Waals surface area contributed by atoms with Crippen LogP contribution in [0.2, 0.25) is 0 Å². The molecule has 0 bridgehead atoms. The van der Waals surface area contributed by atoms with E-state index in [9.17, 15) is 0 Å². The highest BCUT2D eigenvalue weighted by Gasteiger charge is 2.13. The van der Waals surface area contributed by atoms with Crippen LogP contribution in [0.4, 0.5) is 0 Å². The van der Waals surface area contributed by atoms with E-state index < -0.39 is 0 Å². The minimum Gasteiger partial charge on any atom is -0.454 e. The van der Waals surface area contributed by atoms with Gasteiger partial charge in [0.15, 0.2) is 17.5 Å². The number of hydrogen-bond acceptors (Lipinski definition) is 3. The second-order valence-electron chi connectivity index (χ2n) is 6.01. The lowest BCUT2D eigenvalue weighted by atomic mass is 9.97. The predicted octanol–water partition coefficient (Wildman–Crippen LogP) is 3.27. The van der Waals surface area contributed by atoms with Crippen molar-refractivity contribution in [3.8, 4) is 11.5 Å². The van der Waals surface area contributed by atoms with Crippen LogP contribution in [0.15, 0.2) is 53.5 Å². The average molecular weight is 339 g/mol. The third-order valence-electron chi connectivity index (χ3n) is 4.40. The lowest BCUT2D eigenvalue weighted by Gasteiger charge is -2.18. The lowest BCUT2D eigenvalue weighted by Crippen LogP contribution is -2.38. The Morgan fingerprint density at radius 1 is 1.08 bits per heavy atom. The summed E-state index contributed by atoms with van der Waals surface area (Å²) < 4.78 is 10.8. The van der Waals surface area contributed by atoms with Gasteiger partial charge in [-0.2, -0.15) is 0 Å². The summed E-state index contributed by atoms with van der Waals surface area (Å²) in [6.07, 6.45) is 1.08. The van der Waals surface area contributed by atoms with Crippen molar-refractivity contribution in [1.82, 2.24) is 10.6 Å². The quantitative estimate of drug-likeness (QED) is 0.626. The summed E-state index contributed by atoms with van der Waals surface area (Å²) in [5, 5.41) is 6.77. The first-order chi connectivity index (χ1) is 12.3. The number of aliphatic imine (C=N–C) groups is 1. The molecule has 1 aliphatic heterocycles. The van der Waals surface area contributed by atoms with Crippen molar-refractivity contribution in [2.45, 2.75) is 25.8 Å². The highest BCUT2D eigenvalue weighted by molar-refractivity contribution is 5.79. The SMILES string of the molecule is CCC(CNC(=NC)NCc1ccc2c(c1)OCO2)c1ccccc1. The smallest absolute Gasteiger partial charge is 0.231 e. The molecule has 2 N–H and O–H groups in total. The van der Waals surface area contributed by atoms with E-state index in [1.54, 1.807) is 7.05 Å². The lowest BCUT2D eigenvalue weighted by molar-refractivity contribution is 0.174. The van der Waals surface area contributed by atoms with Gasteiger partial charge in [-0.25, -0.2) is 0 Å². The first-order valence-corrected chi connectivity index (χ1v) is 8.68. The second-order valence-corrected chi connectivity index (χ2v) is 6.01. The van der Waals surface area contributed by atoms with Crippen molar-refractivity contribution in [3.63, 3.8) is 0 Å². The number of rotatable bonds is 6. The highest BCUT2D eigenvalue weighted by atomic mass is 16.7. The molecule has 1 heterocycles. The summed E-state index contributed by atoms with van der Waals surface area (Å²) in [5.74, 6) is 2.87. The normalized spacial score (nSPS) is 14.2. The molecule has 0 fully saturated rings. The highest BCUT2D eigenvalue weighted by Crippen LogP contribution is 2.32. The van der Waals surface area contributed by atoms with E-state index in [1.807, 2.05) is 18.2 Å². The van der Waals surface area contributed by atoms with Crippen molar-refractivity contribution in [2.24, 2.45) is 4.99 Å². The van der Waals surface area contributed by atoms with Crippen LogP contribution in [0.5, 0.6) is 11.5 Å². The number of nitrogens with zero attached hydrogens (tertiary/aromatic N) is 1. The molecule has 0 saturated carbocycles. The van der Waals surface area contributed by atoms with Crippen molar-refractivity contribution in [2.75, 3.05) is 20.4 Å². The maximum atomic E-state index is 5.42. The van der Waals surface area contributed by atoms with Gasteiger partial charge in [0.25, 0.3) is 0 Å². The Morgan fingerprint density at radius 2 is 1.88 bits per heavy atom. The second kappa shape index (κ2) is 8.42. The zero-order valence-electron chi connectivity index (χ0n) is 14.8. The van der Waals surface area contributed by atoms with E-state index in [1.165, 1.54) is 5.56 Å². The van der Waals surface area contributed by atoms with Crippen molar-refractivity contribution in [3.05, 3.63) is 59.7 Å². The van der Waals surface area contributed by atoms with Crippen LogP contribution in [0.1, 0.15) is 30.4 Å². The Bertz CT molecular complexity index is 716. The zero-order valence-corrected chi connectivity index (χ0v) is 14.8. The van der Waals surface area contributed by atoms with Gasteiger partial charge in [-0.3, -0.25) is 4.99 Å². The molecule has 132 valence electrons. The van der Waals surface area contributed by atoms with Gasteiger partial charge < -0.3 is 20.1 Å². The Labute approximate surface area is 149 Å². The number of hydrogen-bond donors (Lipinski definition) is 2. The molecule has 0 spiro atoms. The molecule has 0 aromatic heterocycles. The Hall–Kier alpha value is -2.69. The maximum Gasteiger partial charge on any atom is 0.231 e. The van der Waals surface area contributed by atoms with E-state index in [-0.39, 0.29) is 0 Å². The zero-order chi connectivity index (χ0) is 17.5. The molecule has 5 heteroatoms. The summed E-state index contributed by atoms with van der Waals surface area (Å²) in [5.41, 5.74) is 2.48. The number of guanidine groups is 1. The van der Waals surface area contributed by atoms with E-state index in [0.717, 1.165) is 36.0 Å². The van der Waals surface area contributed by atoms with Gasteiger partial charge in [-0.15, -0.1) is 0 Å². The fourth-order valence-electron chi connectivity index (χ4n) is 2.90. The minimum atomic E-state index is 0.299. The Balaban J connectivity index is 1.53. The third kappa shape index (κ3) is 4.44. The standard InChI is InChI=1S/C20H25N3O2/c1-3-16(17-7-5-4-6-8-17)13-23-20(21-2)22-12-15-9-10-18-19(11-15)25-14-24-18/h4-11,16H,3,12-14H2,1-2H3,(H2,21,22,23). The summed E-state index contributed by atoms with van der Waals surface area (Å²) >= 11 is 0. The molecular formula is C20H25N3O2. The van der Waals surface area contributed by atoms with Gasteiger partial charge >= 0.3 is 0 Å². The topological polar surface area (TPSA) is 54.9 Å². The van der Waals surface area contributed by atoms with Gasteiger partial charge in [-0.05, 0) is 29.7 Å². The molecule has 3 rings (SSSR count). The Morgan fingerprint density at radius 3 is 2.64 bits per heavy atom. The number of benzene rings is 2. The van der Waals surface area contributed by atoms with E-state index in [2.05, 4.69) is 52.9 Å². The molecule has 0 saturated heterocycles. The van der Waals surface area contributed by atoms with E-state index in [4.69, 9.17) is 9.47 Å². The maximum absolute atomic E-state index is 5.42. The van der Waals surface area contributed by atoms with Crippen LogP contribution in [-0.2, 0) is 6.54 Å². The fourth-order valence-corrected chi connectivity index (χ4v) is 2.90. The van der Waals surface area contributed by atoms with Crippen LogP contribution in [0.25, 0.3) is 0 Å². The summed E-state index contributed by atoms with van der Waals surface area (Å²) in [4.78, 5) is 4.31. The molecule has 0 aliphatic carbocycles. The largest absolute Gasteiger partial charge is 0.454 e. The number of ether oxygens (including phenoxy) is 2. The van der Waals surface area contributed by atoms with Gasteiger partial charge in [0.1, 0.15) is 0 Å². The molecule has 0 radical (unpaired) electrons. The number of nitrogens with one attached hydrogen (secondary N) is 2. The summed E-state index contributed by atoms with van der Waals surface area (Å²) in [6.45, 7) is 4.04. The van der Waals surface area contributed by atoms with Crippen molar-refractivity contribution < 1.29 is 9.47 Å². The van der Waals surface area contributed by atoms with Crippen LogP contribution in [0, 0.1) is 0 Å². The molecule has 2 aromatic carbocycles. The molecular weight excluding hydrogens is 314 g/mol. The summed E-state index contributed by atoms with van der Waals surface area (Å²) in [7, 11) is 1.79. The Kier molecular flexibility index (Phi) is 5.77. The number of fused-ring (bicyclic) bond motifs is 1. The van der Waals surface area contributed by atoms with Gasteiger partial charge in [-0.1, -0.05) is 43.3 Å². The first-order valence-electron chi connectivity index (χ1n) is 8.68. The van der Waals surface area contributed by atoms with Crippen molar-refractivity contribution >= 4 is 5.96 Å². The van der Waals surface area contributed by atoms with Crippen LogP contribution in [-0.4, -0.2) is 26.3 Å². The predicted molar refractivity (Wildman–Crippen MR) is 100 cm³/mol. The van der Waals surface area contributed by atoms with Crippen LogP contribution in [0.3, 0.4) is 0 Å². The molecule has 0 amide bonds. The molecule has 25 heavy (non-hydrogen) atoms. The molecule has 2 aromatic rings. The van der Waals surface area contributed by atoms with Gasteiger partial charge in [0, 0.05) is 26.1 Å². The molecule has 5 nitrogen and oxygen atoms in total. The third-order valence-corrected chi connectivity index (χ3v) is 4.40. The molecule has 1 unspecified atom stereocenters. The van der Waals surface area contributed by atoms with Crippen molar-refractivity contribution in [1.29, 1.82) is 0 Å². The monoisotopic (exact) mass is 339 g/mol. The van der Waals surface area contributed by atoms with E-state index in [0.29, 0.717) is 19.3 Å². The van der Waals surface area contributed by atoms with Gasteiger partial charge in [0.2, 0.25) is 6.79 Å². The van der Waals surface area contributed by atoms with Crippen LogP contribution >= 0.6 is 0 Å². The van der Waals surface area contributed by atoms with E-state index >= 15 is 0 Å². The van der Waals surface area contributed by atoms with Crippen LogP contribution < -0.4 is 20.1 Å². The average Bonchev–Trinajstić information content (AvgIpc) is 3.13. The van der Waals surface area contributed by atoms with Gasteiger partial charge in [0.05, 0.1) is 0 Å². The molecule has 1 aliphatic rings. The fraction of sp³-hybridized carbons (Fsp3) is 0.350. The first kappa shape index (κ1) is 17.1. The molecule has 1 atom stereocenters.